The average molecular weight is 499 g/mol. The molecule has 3 aromatic rings. The Hall–Kier alpha value is -4.90. The molecule has 8 nitrogen and oxygen atoms in total. The Bertz CT molecular complexity index is 1350. The van der Waals surface area contributed by atoms with Crippen LogP contribution in [0.3, 0.4) is 0 Å². The van der Waals surface area contributed by atoms with Gasteiger partial charge in [0.05, 0.1) is 24.3 Å². The maximum atomic E-state index is 12.7. The van der Waals surface area contributed by atoms with Gasteiger partial charge in [0, 0.05) is 5.69 Å². The number of rotatable bonds is 9. The van der Waals surface area contributed by atoms with Crippen molar-refractivity contribution < 1.29 is 28.6 Å². The number of benzene rings is 3. The molecule has 3 rings (SSSR count). The Morgan fingerprint density at radius 3 is 2.14 bits per heavy atom. The van der Waals surface area contributed by atoms with Crippen molar-refractivity contribution in [3.8, 4) is 17.6 Å². The van der Waals surface area contributed by atoms with Gasteiger partial charge in [-0.25, -0.2) is 9.59 Å². The molecule has 0 spiro atoms. The summed E-state index contributed by atoms with van der Waals surface area (Å²) in [5.41, 5.74) is 2.53. The standard InChI is InChI=1S/C29H26N2O6/c1-4-35-26-17-20(8-15-25(26)37-29(34)22-9-6-19(3)7-10-22)16-23(18-30)27(32)31-24-13-11-21(12-14-24)28(33)36-5-2/h6-17H,4-5H2,1-3H3,(H,31,32)/b23-16+. The zero-order valence-electron chi connectivity index (χ0n) is 20.7. The van der Waals surface area contributed by atoms with Crippen molar-refractivity contribution in [2.24, 2.45) is 0 Å². The molecule has 0 radical (unpaired) electrons. The van der Waals surface area contributed by atoms with Crippen LogP contribution in [0.25, 0.3) is 6.08 Å². The van der Waals surface area contributed by atoms with Gasteiger partial charge in [0.1, 0.15) is 11.6 Å². The zero-order chi connectivity index (χ0) is 26.8. The Morgan fingerprint density at radius 1 is 0.865 bits per heavy atom. The van der Waals surface area contributed by atoms with Gasteiger partial charge in [0.15, 0.2) is 11.5 Å². The number of carbonyl (C=O) groups excluding carboxylic acids is 3. The van der Waals surface area contributed by atoms with Crippen molar-refractivity contribution >= 4 is 29.6 Å². The summed E-state index contributed by atoms with van der Waals surface area (Å²) in [6.45, 7) is 6.00. The number of amides is 1. The van der Waals surface area contributed by atoms with Crippen molar-refractivity contribution in [2.45, 2.75) is 20.8 Å². The van der Waals surface area contributed by atoms with Gasteiger partial charge in [-0.3, -0.25) is 4.79 Å². The van der Waals surface area contributed by atoms with Crippen molar-refractivity contribution in [3.63, 3.8) is 0 Å². The van der Waals surface area contributed by atoms with E-state index < -0.39 is 17.8 Å². The molecule has 0 aromatic heterocycles. The predicted octanol–water partition coefficient (Wildman–Crippen LogP) is 5.34. The summed E-state index contributed by atoms with van der Waals surface area (Å²) in [5, 5.41) is 12.2. The summed E-state index contributed by atoms with van der Waals surface area (Å²) < 4.78 is 16.1. The number of hydrogen-bond acceptors (Lipinski definition) is 7. The lowest BCUT2D eigenvalue weighted by Gasteiger charge is -2.12. The number of carbonyl (C=O) groups is 3. The summed E-state index contributed by atoms with van der Waals surface area (Å²) in [7, 11) is 0. The highest BCUT2D eigenvalue weighted by atomic mass is 16.6. The van der Waals surface area contributed by atoms with Gasteiger partial charge in [-0.1, -0.05) is 23.8 Å². The zero-order valence-corrected chi connectivity index (χ0v) is 20.7. The fourth-order valence-corrected chi connectivity index (χ4v) is 3.23. The maximum Gasteiger partial charge on any atom is 0.343 e. The quantitative estimate of drug-likeness (QED) is 0.183. The van der Waals surface area contributed by atoms with Crippen LogP contribution in [0.5, 0.6) is 11.5 Å². The number of ether oxygens (including phenoxy) is 3. The van der Waals surface area contributed by atoms with Gasteiger partial charge in [-0.15, -0.1) is 0 Å². The molecule has 0 bridgehead atoms. The molecule has 8 heteroatoms. The molecule has 0 saturated heterocycles. The van der Waals surface area contributed by atoms with E-state index in [1.54, 1.807) is 56.3 Å². The molecule has 188 valence electrons. The van der Waals surface area contributed by atoms with E-state index in [-0.39, 0.29) is 17.9 Å². The number of aryl methyl sites for hydroxylation is 1. The van der Waals surface area contributed by atoms with Crippen LogP contribution in [0.15, 0.2) is 72.3 Å². The number of hydrogen-bond donors (Lipinski definition) is 1. The highest BCUT2D eigenvalue weighted by molar-refractivity contribution is 6.09. The van der Waals surface area contributed by atoms with Gasteiger partial charge < -0.3 is 19.5 Å². The first-order valence-corrected chi connectivity index (χ1v) is 11.6. The molecule has 3 aromatic carbocycles. The molecule has 0 unspecified atom stereocenters. The van der Waals surface area contributed by atoms with Crippen molar-refractivity contribution in [2.75, 3.05) is 18.5 Å². The maximum absolute atomic E-state index is 12.7. The molecule has 0 aliphatic rings. The highest BCUT2D eigenvalue weighted by Gasteiger charge is 2.15. The number of esters is 2. The molecule has 0 aliphatic carbocycles. The largest absolute Gasteiger partial charge is 0.490 e. The van der Waals surface area contributed by atoms with E-state index in [1.807, 2.05) is 25.1 Å². The first-order valence-electron chi connectivity index (χ1n) is 11.6. The van der Waals surface area contributed by atoms with Crippen molar-refractivity contribution in [1.82, 2.24) is 0 Å². The molecule has 0 atom stereocenters. The second kappa shape index (κ2) is 12.7. The van der Waals surface area contributed by atoms with E-state index in [0.717, 1.165) is 5.56 Å². The van der Waals surface area contributed by atoms with Gasteiger partial charge in [0.25, 0.3) is 5.91 Å². The number of nitriles is 1. The molecule has 37 heavy (non-hydrogen) atoms. The third-order valence-corrected chi connectivity index (χ3v) is 5.09. The third kappa shape index (κ3) is 7.29. The third-order valence-electron chi connectivity index (χ3n) is 5.09. The summed E-state index contributed by atoms with van der Waals surface area (Å²) in [4.78, 5) is 37.0. The number of nitrogens with one attached hydrogen (secondary N) is 1. The Labute approximate surface area is 215 Å². The molecule has 1 N–H and O–H groups in total. The van der Waals surface area contributed by atoms with Crippen LogP contribution in [0.1, 0.15) is 45.7 Å². The van der Waals surface area contributed by atoms with Gasteiger partial charge in [0.2, 0.25) is 0 Å². The fraction of sp³-hybridized carbons (Fsp3) is 0.172. The fourth-order valence-electron chi connectivity index (χ4n) is 3.23. The Kier molecular flexibility index (Phi) is 9.17. The Morgan fingerprint density at radius 2 is 1.51 bits per heavy atom. The second-order valence-electron chi connectivity index (χ2n) is 7.82. The van der Waals surface area contributed by atoms with E-state index >= 15 is 0 Å². The van der Waals surface area contributed by atoms with Crippen LogP contribution in [0.4, 0.5) is 5.69 Å². The highest BCUT2D eigenvalue weighted by Crippen LogP contribution is 2.30. The van der Waals surface area contributed by atoms with Crippen molar-refractivity contribution in [1.29, 1.82) is 5.26 Å². The van der Waals surface area contributed by atoms with E-state index in [4.69, 9.17) is 14.2 Å². The lowest BCUT2D eigenvalue weighted by Crippen LogP contribution is -2.13. The van der Waals surface area contributed by atoms with Crippen LogP contribution in [0.2, 0.25) is 0 Å². The number of anilines is 1. The monoisotopic (exact) mass is 498 g/mol. The van der Waals surface area contributed by atoms with Crippen molar-refractivity contribution in [3.05, 3.63) is 94.6 Å². The minimum Gasteiger partial charge on any atom is -0.490 e. The lowest BCUT2D eigenvalue weighted by atomic mass is 10.1. The predicted molar refractivity (Wildman–Crippen MR) is 138 cm³/mol. The average Bonchev–Trinajstić information content (AvgIpc) is 2.89. The van der Waals surface area contributed by atoms with Crippen LogP contribution in [0, 0.1) is 18.3 Å². The molecule has 0 heterocycles. The molecule has 1 amide bonds. The molecule has 0 fully saturated rings. The van der Waals surface area contributed by atoms with Gasteiger partial charge in [-0.05, 0) is 80.9 Å². The Balaban J connectivity index is 1.76. The minimum absolute atomic E-state index is 0.152. The van der Waals surface area contributed by atoms with Gasteiger partial charge >= 0.3 is 11.9 Å². The molecule has 0 aliphatic heterocycles. The normalized spacial score (nSPS) is 10.7. The summed E-state index contributed by atoms with van der Waals surface area (Å²) in [5.74, 6) is -1.11. The lowest BCUT2D eigenvalue weighted by molar-refractivity contribution is -0.112. The second-order valence-corrected chi connectivity index (χ2v) is 7.82. The van der Waals surface area contributed by atoms with Crippen LogP contribution < -0.4 is 14.8 Å². The smallest absolute Gasteiger partial charge is 0.343 e. The summed E-state index contributed by atoms with van der Waals surface area (Å²) in [6, 6.07) is 19.8. The SMILES string of the molecule is CCOC(=O)c1ccc(NC(=O)/C(C#N)=C/c2ccc(OC(=O)c3ccc(C)cc3)c(OCC)c2)cc1. The van der Waals surface area contributed by atoms with Crippen LogP contribution in [-0.2, 0) is 9.53 Å². The summed E-state index contributed by atoms with van der Waals surface area (Å²) >= 11 is 0. The number of nitrogens with zero attached hydrogens (tertiary/aromatic N) is 1. The molecular formula is C29H26N2O6. The van der Waals surface area contributed by atoms with Crippen LogP contribution in [-0.4, -0.2) is 31.1 Å². The first kappa shape index (κ1) is 26.7. The van der Waals surface area contributed by atoms with E-state index in [1.165, 1.54) is 18.2 Å². The molecule has 0 saturated carbocycles. The first-order chi connectivity index (χ1) is 17.8. The minimum atomic E-state index is -0.626. The molecular weight excluding hydrogens is 472 g/mol. The van der Waals surface area contributed by atoms with E-state index in [0.29, 0.717) is 34.7 Å². The van der Waals surface area contributed by atoms with Crippen LogP contribution >= 0.6 is 0 Å². The van der Waals surface area contributed by atoms with E-state index in [2.05, 4.69) is 5.32 Å². The van der Waals surface area contributed by atoms with E-state index in [9.17, 15) is 19.6 Å². The topological polar surface area (TPSA) is 115 Å². The summed E-state index contributed by atoms with van der Waals surface area (Å²) in [6.07, 6.45) is 1.40. The van der Waals surface area contributed by atoms with Gasteiger partial charge in [-0.2, -0.15) is 5.26 Å².